The van der Waals surface area contributed by atoms with Crippen LogP contribution in [0.25, 0.3) is 0 Å². The molecule has 0 spiro atoms. The summed E-state index contributed by atoms with van der Waals surface area (Å²) in [6.07, 6.45) is 9.49. The van der Waals surface area contributed by atoms with Crippen molar-refractivity contribution in [3.05, 3.63) is 46.1 Å². The average molecular weight is 457 g/mol. The molecule has 0 radical (unpaired) electrons. The maximum absolute atomic E-state index is 12.9. The van der Waals surface area contributed by atoms with Crippen molar-refractivity contribution in [1.29, 1.82) is 0 Å². The minimum absolute atomic E-state index is 0. The maximum atomic E-state index is 12.9. The van der Waals surface area contributed by atoms with Gasteiger partial charge in [0.1, 0.15) is 5.00 Å². The summed E-state index contributed by atoms with van der Waals surface area (Å²) in [5, 5.41) is 6.56. The van der Waals surface area contributed by atoms with Gasteiger partial charge in [-0.1, -0.05) is 0 Å². The highest BCUT2D eigenvalue weighted by atomic mass is 35.5. The number of thiophene rings is 1. The molecule has 4 N–H and O–H groups in total. The molecule has 0 aliphatic heterocycles. The van der Waals surface area contributed by atoms with Gasteiger partial charge in [-0.15, -0.1) is 36.2 Å². The molecule has 1 fully saturated rings. The molecule has 1 saturated carbocycles. The molecule has 29 heavy (non-hydrogen) atoms. The van der Waals surface area contributed by atoms with Crippen LogP contribution in [0.1, 0.15) is 56.8 Å². The van der Waals surface area contributed by atoms with E-state index < -0.39 is 0 Å². The zero-order valence-corrected chi connectivity index (χ0v) is 18.4. The van der Waals surface area contributed by atoms with Crippen molar-refractivity contribution in [2.75, 3.05) is 11.9 Å². The van der Waals surface area contributed by atoms with E-state index in [1.807, 2.05) is 0 Å². The molecule has 0 aromatic carbocycles. The van der Waals surface area contributed by atoms with Crippen LogP contribution >= 0.6 is 36.2 Å². The number of aryl methyl sites for hydroxylation is 1. The van der Waals surface area contributed by atoms with Crippen LogP contribution in [0.4, 0.5) is 5.00 Å². The smallest absolute Gasteiger partial charge is 0.257 e. The minimum atomic E-state index is -0.245. The molecule has 2 heterocycles. The molecule has 0 bridgehead atoms. The van der Waals surface area contributed by atoms with Gasteiger partial charge in [0.15, 0.2) is 0 Å². The number of carbonyl (C=O) groups is 2. The summed E-state index contributed by atoms with van der Waals surface area (Å²) >= 11 is 1.52. The fraction of sp³-hybridized carbons (Fsp3) is 0.450. The molecule has 9 heteroatoms. The van der Waals surface area contributed by atoms with Crippen LogP contribution in [-0.4, -0.2) is 29.4 Å². The number of rotatable bonds is 6. The van der Waals surface area contributed by atoms with Gasteiger partial charge in [-0.2, -0.15) is 0 Å². The Morgan fingerprint density at radius 1 is 1.21 bits per heavy atom. The third-order valence-electron chi connectivity index (χ3n) is 5.27. The summed E-state index contributed by atoms with van der Waals surface area (Å²) in [7, 11) is 0. The lowest BCUT2D eigenvalue weighted by Crippen LogP contribution is -2.39. The van der Waals surface area contributed by atoms with Crippen LogP contribution in [0.2, 0.25) is 0 Å². The van der Waals surface area contributed by atoms with Gasteiger partial charge in [-0.25, -0.2) is 0 Å². The van der Waals surface area contributed by atoms with Crippen molar-refractivity contribution in [2.24, 2.45) is 11.7 Å². The second kappa shape index (κ2) is 10.4. The first kappa shape index (κ1) is 23.6. The average Bonchev–Trinajstić information content (AvgIpc) is 3.48. The monoisotopic (exact) mass is 456 g/mol. The number of nitrogens with two attached hydrogens (primary N) is 1. The zero-order chi connectivity index (χ0) is 18.8. The number of hydrogen-bond acceptors (Lipinski definition) is 5. The van der Waals surface area contributed by atoms with Crippen molar-refractivity contribution < 1.29 is 9.59 Å². The van der Waals surface area contributed by atoms with Crippen molar-refractivity contribution in [2.45, 2.75) is 44.6 Å². The summed E-state index contributed by atoms with van der Waals surface area (Å²) in [5.41, 5.74) is 8.31. The third-order valence-corrected chi connectivity index (χ3v) is 6.48. The highest BCUT2D eigenvalue weighted by Crippen LogP contribution is 2.38. The maximum Gasteiger partial charge on any atom is 0.257 e. The highest BCUT2D eigenvalue weighted by molar-refractivity contribution is 7.17. The van der Waals surface area contributed by atoms with Crippen molar-refractivity contribution in [1.82, 2.24) is 10.3 Å². The Morgan fingerprint density at radius 2 is 1.97 bits per heavy atom. The van der Waals surface area contributed by atoms with Crippen molar-refractivity contribution in [3.8, 4) is 0 Å². The van der Waals surface area contributed by atoms with Crippen LogP contribution in [0, 0.1) is 5.92 Å². The molecular formula is C20H26Cl2N4O2S. The van der Waals surface area contributed by atoms with E-state index >= 15 is 0 Å². The standard InChI is InChI=1S/C20H24N4O2S.2ClH/c21-15(12-7-8-12)11-23-19(26)17-14-5-1-2-6-16(14)27-20(17)24-18(25)13-4-3-9-22-10-13;;/h3-4,9-10,12,15H,1-2,5-8,11,21H2,(H,23,26)(H,24,25);2*1H. The van der Waals surface area contributed by atoms with Crippen LogP contribution in [-0.2, 0) is 12.8 Å². The van der Waals surface area contributed by atoms with Crippen LogP contribution in [0.5, 0.6) is 0 Å². The first-order chi connectivity index (χ1) is 13.1. The number of carbonyl (C=O) groups excluding carboxylic acids is 2. The van der Waals surface area contributed by atoms with Crippen LogP contribution in [0.3, 0.4) is 0 Å². The number of anilines is 1. The molecule has 2 aromatic heterocycles. The first-order valence-electron chi connectivity index (χ1n) is 9.53. The van der Waals surface area contributed by atoms with Gasteiger partial charge in [0.05, 0.1) is 11.1 Å². The molecule has 6 nitrogen and oxygen atoms in total. The van der Waals surface area contributed by atoms with Crippen molar-refractivity contribution >= 4 is 53.0 Å². The summed E-state index contributed by atoms with van der Waals surface area (Å²) in [4.78, 5) is 30.7. The number of hydrogen-bond donors (Lipinski definition) is 3. The van der Waals surface area contributed by atoms with E-state index in [-0.39, 0.29) is 42.7 Å². The van der Waals surface area contributed by atoms with Gasteiger partial charge in [-0.05, 0) is 62.1 Å². The Kier molecular flexibility index (Phi) is 8.46. The Bertz CT molecular complexity index is 856. The Morgan fingerprint density at radius 3 is 2.66 bits per heavy atom. The number of amides is 2. The van der Waals surface area contributed by atoms with E-state index in [9.17, 15) is 9.59 Å². The summed E-state index contributed by atoms with van der Waals surface area (Å²) in [6, 6.07) is 3.45. The van der Waals surface area contributed by atoms with E-state index in [1.54, 1.807) is 18.3 Å². The number of nitrogens with one attached hydrogen (secondary N) is 2. The quantitative estimate of drug-likeness (QED) is 0.618. The molecule has 2 aliphatic rings. The van der Waals surface area contributed by atoms with E-state index in [1.165, 1.54) is 22.4 Å². The molecule has 2 aromatic rings. The molecule has 158 valence electrons. The van der Waals surface area contributed by atoms with Gasteiger partial charge >= 0.3 is 0 Å². The fourth-order valence-electron chi connectivity index (χ4n) is 3.56. The zero-order valence-electron chi connectivity index (χ0n) is 16.0. The molecule has 2 amide bonds. The Hall–Kier alpha value is -1.67. The van der Waals surface area contributed by atoms with Crippen LogP contribution < -0.4 is 16.4 Å². The topological polar surface area (TPSA) is 97.1 Å². The molecule has 1 unspecified atom stereocenters. The lowest BCUT2D eigenvalue weighted by atomic mass is 9.95. The number of fused-ring (bicyclic) bond motifs is 1. The predicted octanol–water partition coefficient (Wildman–Crippen LogP) is 3.58. The second-order valence-corrected chi connectivity index (χ2v) is 8.43. The van der Waals surface area contributed by atoms with E-state index in [0.29, 0.717) is 28.6 Å². The second-order valence-electron chi connectivity index (χ2n) is 7.32. The van der Waals surface area contributed by atoms with Gasteiger partial charge in [0.2, 0.25) is 0 Å². The first-order valence-corrected chi connectivity index (χ1v) is 10.3. The number of pyridine rings is 1. The summed E-state index contributed by atoms with van der Waals surface area (Å²) in [6.45, 7) is 0.476. The van der Waals surface area contributed by atoms with Crippen LogP contribution in [0.15, 0.2) is 24.5 Å². The summed E-state index contributed by atoms with van der Waals surface area (Å²) < 4.78 is 0. The fourth-order valence-corrected chi connectivity index (χ4v) is 4.84. The molecule has 4 rings (SSSR count). The van der Waals surface area contributed by atoms with E-state index in [4.69, 9.17) is 5.73 Å². The minimum Gasteiger partial charge on any atom is -0.350 e. The molecular weight excluding hydrogens is 431 g/mol. The van der Waals surface area contributed by atoms with E-state index in [0.717, 1.165) is 44.1 Å². The SMILES string of the molecule is Cl.Cl.NC(CNC(=O)c1c(NC(=O)c2cccnc2)sc2c1CCCC2)C1CC1. The lowest BCUT2D eigenvalue weighted by Gasteiger charge is -2.15. The van der Waals surface area contributed by atoms with Gasteiger partial charge in [0.25, 0.3) is 11.8 Å². The van der Waals surface area contributed by atoms with Gasteiger partial charge in [0, 0.05) is 29.9 Å². The Balaban J connectivity index is 0.00000150. The largest absolute Gasteiger partial charge is 0.350 e. The molecule has 0 saturated heterocycles. The molecule has 1 atom stereocenters. The Labute approximate surface area is 186 Å². The number of nitrogens with zero attached hydrogens (tertiary/aromatic N) is 1. The number of aromatic nitrogens is 1. The normalized spacial score (nSPS) is 15.9. The number of halogens is 2. The van der Waals surface area contributed by atoms with E-state index in [2.05, 4.69) is 15.6 Å². The van der Waals surface area contributed by atoms with Gasteiger partial charge in [-0.3, -0.25) is 14.6 Å². The van der Waals surface area contributed by atoms with Crippen molar-refractivity contribution in [3.63, 3.8) is 0 Å². The van der Waals surface area contributed by atoms with Gasteiger partial charge < -0.3 is 16.4 Å². The predicted molar refractivity (Wildman–Crippen MR) is 121 cm³/mol. The summed E-state index contributed by atoms with van der Waals surface area (Å²) in [5.74, 6) is 0.156. The highest BCUT2D eigenvalue weighted by Gasteiger charge is 2.30. The molecule has 2 aliphatic carbocycles. The lowest BCUT2D eigenvalue weighted by molar-refractivity contribution is 0.0950. The third kappa shape index (κ3) is 5.48.